The molecule has 1 N–H and O–H groups in total. The molecule has 160 valence electrons. The average Bonchev–Trinajstić information content (AvgIpc) is 2.88. The van der Waals surface area contributed by atoms with Crippen molar-refractivity contribution in [2.45, 2.75) is 83.8 Å². The Hall–Kier alpha value is -1.37. The third-order valence-electron chi connectivity index (χ3n) is 4.94. The van der Waals surface area contributed by atoms with Gasteiger partial charge in [0.25, 0.3) is 0 Å². The van der Waals surface area contributed by atoms with Crippen LogP contribution in [0, 0.1) is 5.92 Å². The molecule has 1 heterocycles. The highest BCUT2D eigenvalue weighted by Crippen LogP contribution is 2.25. The minimum Gasteiger partial charge on any atom is -0.356 e. The normalized spacial score (nSPS) is 17.8. The summed E-state index contributed by atoms with van der Waals surface area (Å²) in [4.78, 5) is 48.3. The molecule has 0 bridgehead atoms. The number of Topliss-reactive ketones (excluding diaryl/α,β-unsaturated/α-hetero) is 1. The van der Waals surface area contributed by atoms with Gasteiger partial charge in [-0.15, -0.1) is 11.8 Å². The predicted octanol–water partition coefficient (Wildman–Crippen LogP) is 3.33. The SMILES string of the molecule is CCSC1CC(=O)N(CCCCCC(=O)NCCCCC(C)CC(C)=O)C1=O. The van der Waals surface area contributed by atoms with Gasteiger partial charge in [0.15, 0.2) is 0 Å². The Balaban J connectivity index is 2.03. The van der Waals surface area contributed by atoms with E-state index in [0.29, 0.717) is 38.3 Å². The Kier molecular flexibility index (Phi) is 12.1. The van der Waals surface area contributed by atoms with Crippen molar-refractivity contribution in [1.82, 2.24) is 10.2 Å². The topological polar surface area (TPSA) is 83.6 Å². The van der Waals surface area contributed by atoms with Crippen LogP contribution in [0.4, 0.5) is 0 Å². The zero-order chi connectivity index (χ0) is 20.9. The van der Waals surface area contributed by atoms with Crippen LogP contribution in [0.3, 0.4) is 0 Å². The second-order valence-corrected chi connectivity index (χ2v) is 9.18. The molecule has 1 fully saturated rings. The lowest BCUT2D eigenvalue weighted by Crippen LogP contribution is -2.32. The fourth-order valence-corrected chi connectivity index (χ4v) is 4.41. The highest BCUT2D eigenvalue weighted by molar-refractivity contribution is 8.00. The average molecular weight is 413 g/mol. The number of carbonyl (C=O) groups excluding carboxylic acids is 4. The summed E-state index contributed by atoms with van der Waals surface area (Å²) < 4.78 is 0. The Morgan fingerprint density at radius 2 is 1.93 bits per heavy atom. The number of hydrogen-bond acceptors (Lipinski definition) is 5. The first kappa shape index (κ1) is 24.7. The number of amides is 3. The van der Waals surface area contributed by atoms with Gasteiger partial charge in [0, 0.05) is 32.4 Å². The standard InChI is InChI=1S/C21H36N2O4S/c1-4-28-18-15-20(26)23(21(18)27)13-9-5-6-11-19(25)22-12-8-7-10-16(2)14-17(3)24/h16,18H,4-15H2,1-3H3,(H,22,25). The minimum atomic E-state index is -0.200. The number of carbonyl (C=O) groups is 4. The lowest BCUT2D eigenvalue weighted by atomic mass is 9.99. The van der Waals surface area contributed by atoms with Crippen LogP contribution in [0.5, 0.6) is 0 Å². The molecule has 0 aromatic heterocycles. The highest BCUT2D eigenvalue weighted by atomic mass is 32.2. The fraction of sp³-hybridized carbons (Fsp3) is 0.810. The van der Waals surface area contributed by atoms with Crippen molar-refractivity contribution in [1.29, 1.82) is 0 Å². The van der Waals surface area contributed by atoms with Gasteiger partial charge in [0.05, 0.1) is 5.25 Å². The van der Waals surface area contributed by atoms with E-state index in [-0.39, 0.29) is 28.8 Å². The van der Waals surface area contributed by atoms with Crippen LogP contribution in [0.25, 0.3) is 0 Å². The van der Waals surface area contributed by atoms with E-state index in [0.717, 1.165) is 44.3 Å². The van der Waals surface area contributed by atoms with Crippen LogP contribution >= 0.6 is 11.8 Å². The highest BCUT2D eigenvalue weighted by Gasteiger charge is 2.37. The van der Waals surface area contributed by atoms with Gasteiger partial charge in [-0.1, -0.05) is 33.1 Å². The summed E-state index contributed by atoms with van der Waals surface area (Å²) in [5.74, 6) is 1.43. The van der Waals surface area contributed by atoms with Crippen molar-refractivity contribution in [3.63, 3.8) is 0 Å². The summed E-state index contributed by atoms with van der Waals surface area (Å²) in [6.45, 7) is 6.86. The second kappa shape index (κ2) is 13.7. The van der Waals surface area contributed by atoms with E-state index in [1.54, 1.807) is 6.92 Å². The summed E-state index contributed by atoms with van der Waals surface area (Å²) in [5.41, 5.74) is 0. The molecule has 6 nitrogen and oxygen atoms in total. The van der Waals surface area contributed by atoms with Crippen LogP contribution in [-0.4, -0.2) is 52.5 Å². The summed E-state index contributed by atoms with van der Waals surface area (Å²) in [5, 5.41) is 2.74. The van der Waals surface area contributed by atoms with Gasteiger partial charge in [0.1, 0.15) is 5.78 Å². The number of unbranched alkanes of at least 4 members (excludes halogenated alkanes) is 3. The molecule has 1 aliphatic heterocycles. The van der Waals surface area contributed by atoms with Gasteiger partial charge >= 0.3 is 0 Å². The van der Waals surface area contributed by atoms with Crippen molar-refractivity contribution in [3.8, 4) is 0 Å². The Labute approximate surface area is 173 Å². The van der Waals surface area contributed by atoms with E-state index in [9.17, 15) is 19.2 Å². The lowest BCUT2D eigenvalue weighted by molar-refractivity contribution is -0.138. The Bertz CT molecular complexity index is 538. The van der Waals surface area contributed by atoms with E-state index in [1.807, 2.05) is 6.92 Å². The molecular weight excluding hydrogens is 376 g/mol. The smallest absolute Gasteiger partial charge is 0.242 e. The van der Waals surface area contributed by atoms with Crippen molar-refractivity contribution < 1.29 is 19.2 Å². The molecule has 2 unspecified atom stereocenters. The molecule has 0 aromatic rings. The molecular formula is C21H36N2O4S. The van der Waals surface area contributed by atoms with Crippen LogP contribution in [0.2, 0.25) is 0 Å². The Morgan fingerprint density at radius 3 is 2.61 bits per heavy atom. The minimum absolute atomic E-state index is 0.0489. The lowest BCUT2D eigenvalue weighted by Gasteiger charge is -2.14. The quantitative estimate of drug-likeness (QED) is 0.329. The van der Waals surface area contributed by atoms with Crippen molar-refractivity contribution in [3.05, 3.63) is 0 Å². The van der Waals surface area contributed by atoms with E-state index in [2.05, 4.69) is 12.2 Å². The van der Waals surface area contributed by atoms with Crippen molar-refractivity contribution in [2.75, 3.05) is 18.8 Å². The number of nitrogens with zero attached hydrogens (tertiary/aromatic N) is 1. The van der Waals surface area contributed by atoms with Crippen molar-refractivity contribution in [2.24, 2.45) is 5.92 Å². The number of nitrogens with one attached hydrogen (secondary N) is 1. The molecule has 1 aliphatic rings. The number of rotatable bonds is 15. The van der Waals surface area contributed by atoms with E-state index in [4.69, 9.17) is 0 Å². The summed E-state index contributed by atoms with van der Waals surface area (Å²) in [6.07, 6.45) is 6.77. The number of ketones is 1. The number of thioether (sulfide) groups is 1. The van der Waals surface area contributed by atoms with Crippen LogP contribution in [0.15, 0.2) is 0 Å². The molecule has 3 amide bonds. The van der Waals surface area contributed by atoms with Crippen LogP contribution < -0.4 is 5.32 Å². The largest absolute Gasteiger partial charge is 0.356 e. The molecule has 1 saturated heterocycles. The summed E-state index contributed by atoms with van der Waals surface area (Å²) in [6, 6.07) is 0. The van der Waals surface area contributed by atoms with Gasteiger partial charge in [-0.3, -0.25) is 19.3 Å². The molecule has 0 aromatic carbocycles. The molecule has 1 rings (SSSR count). The summed E-state index contributed by atoms with van der Waals surface area (Å²) >= 11 is 1.54. The number of hydrogen-bond donors (Lipinski definition) is 1. The van der Waals surface area contributed by atoms with Gasteiger partial charge in [0.2, 0.25) is 17.7 Å². The van der Waals surface area contributed by atoms with Gasteiger partial charge in [-0.2, -0.15) is 0 Å². The molecule has 7 heteroatoms. The monoisotopic (exact) mass is 412 g/mol. The third-order valence-corrected chi connectivity index (χ3v) is 6.04. The Morgan fingerprint density at radius 1 is 1.18 bits per heavy atom. The molecule has 0 saturated carbocycles. The summed E-state index contributed by atoms with van der Waals surface area (Å²) in [7, 11) is 0. The fourth-order valence-electron chi connectivity index (χ4n) is 3.48. The zero-order valence-corrected chi connectivity index (χ0v) is 18.4. The first-order valence-corrected chi connectivity index (χ1v) is 11.6. The number of imide groups is 1. The van der Waals surface area contributed by atoms with Gasteiger partial charge < -0.3 is 10.1 Å². The predicted molar refractivity (Wildman–Crippen MR) is 113 cm³/mol. The van der Waals surface area contributed by atoms with Crippen LogP contribution in [0.1, 0.15) is 78.6 Å². The van der Waals surface area contributed by atoms with E-state index < -0.39 is 0 Å². The number of likely N-dealkylation sites (tertiary alicyclic amines) is 1. The van der Waals surface area contributed by atoms with Crippen LogP contribution in [-0.2, 0) is 19.2 Å². The molecule has 0 radical (unpaired) electrons. The van der Waals surface area contributed by atoms with Gasteiger partial charge in [-0.05, 0) is 37.9 Å². The third kappa shape index (κ3) is 9.71. The molecule has 0 spiro atoms. The molecule has 28 heavy (non-hydrogen) atoms. The van der Waals surface area contributed by atoms with Gasteiger partial charge in [-0.25, -0.2) is 0 Å². The van der Waals surface area contributed by atoms with Crippen molar-refractivity contribution >= 4 is 35.3 Å². The maximum atomic E-state index is 12.1. The van der Waals surface area contributed by atoms with E-state index in [1.165, 1.54) is 16.7 Å². The zero-order valence-electron chi connectivity index (χ0n) is 17.6. The molecule has 2 atom stereocenters. The van der Waals surface area contributed by atoms with E-state index >= 15 is 0 Å². The molecule has 0 aliphatic carbocycles. The second-order valence-electron chi connectivity index (χ2n) is 7.70. The first-order chi connectivity index (χ1) is 13.3. The maximum Gasteiger partial charge on any atom is 0.242 e. The maximum absolute atomic E-state index is 12.1. The first-order valence-electron chi connectivity index (χ1n) is 10.6.